The normalized spacial score (nSPS) is 21.0. The highest BCUT2D eigenvalue weighted by Gasteiger charge is 2.44. The first-order valence-corrected chi connectivity index (χ1v) is 24.7. The van der Waals surface area contributed by atoms with Crippen molar-refractivity contribution in [2.45, 2.75) is 262 Å². The van der Waals surface area contributed by atoms with Crippen LogP contribution in [0.1, 0.15) is 219 Å². The summed E-state index contributed by atoms with van der Waals surface area (Å²) in [5.74, 6) is -0.204. The van der Waals surface area contributed by atoms with Crippen molar-refractivity contribution in [3.05, 3.63) is 36.5 Å². The van der Waals surface area contributed by atoms with E-state index in [2.05, 4.69) is 43.5 Å². The Morgan fingerprint density at radius 2 is 0.966 bits per heavy atom. The summed E-state index contributed by atoms with van der Waals surface area (Å²) in [6.45, 7) is 3.66. The van der Waals surface area contributed by atoms with Crippen molar-refractivity contribution < 1.29 is 39.8 Å². The third-order valence-electron chi connectivity index (χ3n) is 11.7. The molecule has 0 aromatic rings. The van der Waals surface area contributed by atoms with E-state index in [4.69, 9.17) is 9.47 Å². The van der Waals surface area contributed by atoms with Crippen LogP contribution < -0.4 is 5.32 Å². The summed E-state index contributed by atoms with van der Waals surface area (Å²) in [5, 5.41) is 53.8. The molecular weight excluding hydrogens is 743 g/mol. The molecule has 59 heavy (non-hydrogen) atoms. The van der Waals surface area contributed by atoms with Gasteiger partial charge in [0, 0.05) is 6.42 Å². The van der Waals surface area contributed by atoms with Gasteiger partial charge in [-0.25, -0.2) is 0 Å². The summed E-state index contributed by atoms with van der Waals surface area (Å²) < 4.78 is 11.1. The SMILES string of the molecule is CCCCCCCCCCCCCCCCCCCCCCC/C=C/CC/C=C/CC/C=C/C(O)C(COC1OC(CO)C(O)C(O)C1O)NC(=O)CCCCCCC. The van der Waals surface area contributed by atoms with Crippen molar-refractivity contribution in [2.24, 2.45) is 0 Å². The average Bonchev–Trinajstić information content (AvgIpc) is 3.23. The highest BCUT2D eigenvalue weighted by Crippen LogP contribution is 2.23. The van der Waals surface area contributed by atoms with Gasteiger partial charge < -0.3 is 40.3 Å². The molecule has 0 aliphatic carbocycles. The van der Waals surface area contributed by atoms with Gasteiger partial charge in [0.25, 0.3) is 0 Å². The van der Waals surface area contributed by atoms with Crippen LogP contribution >= 0.6 is 0 Å². The molecule has 7 unspecified atom stereocenters. The van der Waals surface area contributed by atoms with Crippen LogP contribution in [0.5, 0.6) is 0 Å². The number of aliphatic hydroxyl groups is 5. The number of carbonyl (C=O) groups is 1. The average molecular weight is 836 g/mol. The number of unbranched alkanes of at least 4 members (excludes halogenated alkanes) is 27. The number of allylic oxidation sites excluding steroid dienone is 5. The minimum absolute atomic E-state index is 0.204. The Balaban J connectivity index is 2.13. The zero-order valence-electron chi connectivity index (χ0n) is 38.0. The quantitative estimate of drug-likeness (QED) is 0.0263. The number of amides is 1. The molecule has 6 N–H and O–H groups in total. The van der Waals surface area contributed by atoms with Crippen molar-refractivity contribution in [3.63, 3.8) is 0 Å². The van der Waals surface area contributed by atoms with Gasteiger partial charge in [-0.2, -0.15) is 0 Å². The van der Waals surface area contributed by atoms with Crippen molar-refractivity contribution in [1.29, 1.82) is 0 Å². The largest absolute Gasteiger partial charge is 0.394 e. The van der Waals surface area contributed by atoms with E-state index in [1.165, 1.54) is 141 Å². The minimum Gasteiger partial charge on any atom is -0.394 e. The summed E-state index contributed by atoms with van der Waals surface area (Å²) in [6.07, 6.45) is 44.2. The second-order valence-corrected chi connectivity index (χ2v) is 17.2. The molecule has 0 bridgehead atoms. The maximum Gasteiger partial charge on any atom is 0.220 e. The van der Waals surface area contributed by atoms with Gasteiger partial charge in [-0.05, 0) is 44.9 Å². The van der Waals surface area contributed by atoms with Crippen LogP contribution in [-0.2, 0) is 14.3 Å². The maximum atomic E-state index is 12.7. The second-order valence-electron chi connectivity index (χ2n) is 17.2. The predicted octanol–water partition coefficient (Wildman–Crippen LogP) is 10.8. The second kappa shape index (κ2) is 40.5. The van der Waals surface area contributed by atoms with E-state index in [9.17, 15) is 30.3 Å². The van der Waals surface area contributed by atoms with E-state index in [0.717, 1.165) is 57.8 Å². The Morgan fingerprint density at radius 1 is 0.559 bits per heavy atom. The van der Waals surface area contributed by atoms with Gasteiger partial charge >= 0.3 is 0 Å². The van der Waals surface area contributed by atoms with E-state index in [0.29, 0.717) is 6.42 Å². The van der Waals surface area contributed by atoms with E-state index in [1.807, 2.05) is 6.08 Å². The number of hydrogen-bond donors (Lipinski definition) is 6. The molecule has 0 saturated carbocycles. The molecule has 1 fully saturated rings. The van der Waals surface area contributed by atoms with Crippen LogP contribution in [0.3, 0.4) is 0 Å². The lowest BCUT2D eigenvalue weighted by atomic mass is 9.99. The van der Waals surface area contributed by atoms with E-state index in [-0.39, 0.29) is 12.5 Å². The van der Waals surface area contributed by atoms with Crippen molar-refractivity contribution in [3.8, 4) is 0 Å². The molecule has 0 spiro atoms. The first-order valence-electron chi connectivity index (χ1n) is 24.7. The molecule has 346 valence electrons. The highest BCUT2D eigenvalue weighted by molar-refractivity contribution is 5.76. The minimum atomic E-state index is -1.57. The highest BCUT2D eigenvalue weighted by atomic mass is 16.7. The molecule has 1 aliphatic rings. The van der Waals surface area contributed by atoms with E-state index >= 15 is 0 Å². The lowest BCUT2D eigenvalue weighted by Gasteiger charge is -2.40. The molecule has 9 nitrogen and oxygen atoms in total. The molecule has 1 amide bonds. The fraction of sp³-hybridized carbons (Fsp3) is 0.860. The standard InChI is InChI=1S/C50H93NO8/c1-3-5-7-9-10-11-12-13-14-15-16-17-18-19-20-21-22-23-24-25-26-27-28-29-30-31-32-33-34-36-37-39-44(53)43(51-46(54)40-38-35-8-6-4-2)42-58-50-49(57)48(56)47(55)45(41-52)59-50/h28-29,32-33,37,39,43-45,47-50,52-53,55-57H,3-27,30-31,34-36,38,40-42H2,1-2H3,(H,51,54)/b29-28+,33-32+,39-37+. The van der Waals surface area contributed by atoms with Crippen molar-refractivity contribution in [2.75, 3.05) is 13.2 Å². The fourth-order valence-electron chi connectivity index (χ4n) is 7.72. The van der Waals surface area contributed by atoms with Gasteiger partial charge in [-0.15, -0.1) is 0 Å². The molecule has 1 saturated heterocycles. The molecule has 1 heterocycles. The molecule has 9 heteroatoms. The Kier molecular flexibility index (Phi) is 38.0. The molecule has 1 rings (SSSR count). The van der Waals surface area contributed by atoms with Crippen molar-refractivity contribution in [1.82, 2.24) is 5.32 Å². The van der Waals surface area contributed by atoms with Gasteiger partial charge in [0.2, 0.25) is 5.91 Å². The summed E-state index contributed by atoms with van der Waals surface area (Å²) in [7, 11) is 0. The Bertz CT molecular complexity index is 1020. The number of nitrogens with one attached hydrogen (secondary N) is 1. The van der Waals surface area contributed by atoms with Crippen molar-refractivity contribution >= 4 is 5.91 Å². The van der Waals surface area contributed by atoms with Crippen LogP contribution in [0.25, 0.3) is 0 Å². The number of carbonyl (C=O) groups excluding carboxylic acids is 1. The fourth-order valence-corrected chi connectivity index (χ4v) is 7.72. The number of hydrogen-bond acceptors (Lipinski definition) is 8. The molecule has 0 aromatic carbocycles. The third-order valence-corrected chi connectivity index (χ3v) is 11.7. The Morgan fingerprint density at radius 3 is 1.42 bits per heavy atom. The van der Waals surface area contributed by atoms with Crippen LogP contribution in [-0.4, -0.2) is 87.5 Å². The molecule has 1 aliphatic heterocycles. The van der Waals surface area contributed by atoms with Crippen LogP contribution in [0.2, 0.25) is 0 Å². The molecule has 0 radical (unpaired) electrons. The molecule has 7 atom stereocenters. The predicted molar refractivity (Wildman–Crippen MR) is 244 cm³/mol. The van der Waals surface area contributed by atoms with Gasteiger partial charge in [-0.1, -0.05) is 204 Å². The van der Waals surface area contributed by atoms with Gasteiger partial charge in [0.05, 0.1) is 25.4 Å². The number of ether oxygens (including phenoxy) is 2. The summed E-state index contributed by atoms with van der Waals surface area (Å²) in [4.78, 5) is 12.7. The summed E-state index contributed by atoms with van der Waals surface area (Å²) in [5.41, 5.74) is 0. The van der Waals surface area contributed by atoms with Gasteiger partial charge in [0.1, 0.15) is 24.4 Å². The third kappa shape index (κ3) is 31.0. The first-order chi connectivity index (χ1) is 28.8. The first kappa shape index (κ1) is 55.4. The Hall–Kier alpha value is -1.59. The number of aliphatic hydroxyl groups excluding tert-OH is 5. The van der Waals surface area contributed by atoms with Crippen LogP contribution in [0.4, 0.5) is 0 Å². The zero-order chi connectivity index (χ0) is 43.0. The topological polar surface area (TPSA) is 149 Å². The lowest BCUT2D eigenvalue weighted by molar-refractivity contribution is -0.302. The van der Waals surface area contributed by atoms with E-state index < -0.39 is 49.5 Å². The van der Waals surface area contributed by atoms with Crippen LogP contribution in [0.15, 0.2) is 36.5 Å². The monoisotopic (exact) mass is 836 g/mol. The summed E-state index contributed by atoms with van der Waals surface area (Å²) in [6, 6.07) is -0.822. The summed E-state index contributed by atoms with van der Waals surface area (Å²) >= 11 is 0. The smallest absolute Gasteiger partial charge is 0.220 e. The van der Waals surface area contributed by atoms with Gasteiger partial charge in [0.15, 0.2) is 6.29 Å². The van der Waals surface area contributed by atoms with Gasteiger partial charge in [-0.3, -0.25) is 4.79 Å². The Labute approximate surface area is 361 Å². The maximum absolute atomic E-state index is 12.7. The molecule has 0 aromatic heterocycles. The molecular formula is C50H93NO8. The van der Waals surface area contributed by atoms with E-state index in [1.54, 1.807) is 6.08 Å². The number of rotatable bonds is 41. The lowest BCUT2D eigenvalue weighted by Crippen LogP contribution is -2.60. The van der Waals surface area contributed by atoms with Crippen LogP contribution in [0, 0.1) is 0 Å². The zero-order valence-corrected chi connectivity index (χ0v) is 38.0.